The van der Waals surface area contributed by atoms with Crippen LogP contribution in [0.4, 0.5) is 0 Å². The lowest BCUT2D eigenvalue weighted by atomic mass is 10.1. The van der Waals surface area contributed by atoms with E-state index in [4.69, 9.17) is 23.2 Å². The Bertz CT molecular complexity index is 677. The number of hydrogen-bond acceptors (Lipinski definition) is 4. The average Bonchev–Trinajstić information content (AvgIpc) is 2.83. The molecule has 0 radical (unpaired) electrons. The number of aromatic nitrogens is 3. The van der Waals surface area contributed by atoms with E-state index < -0.39 is 0 Å². The third-order valence-electron chi connectivity index (χ3n) is 3.11. The molecule has 0 saturated heterocycles. The van der Waals surface area contributed by atoms with Crippen LogP contribution in [0.1, 0.15) is 25.5 Å². The Morgan fingerprint density at radius 3 is 2.68 bits per heavy atom. The molecule has 2 rings (SSSR count). The van der Waals surface area contributed by atoms with Crippen LogP contribution in [-0.4, -0.2) is 25.9 Å². The molecule has 0 saturated carbocycles. The van der Waals surface area contributed by atoms with Crippen molar-refractivity contribution < 1.29 is 4.79 Å². The Balaban J connectivity index is 2.00. The second kappa shape index (κ2) is 7.35. The predicted molar refractivity (Wildman–Crippen MR) is 89.3 cm³/mol. The lowest BCUT2D eigenvalue weighted by Crippen LogP contribution is -2.33. The van der Waals surface area contributed by atoms with Gasteiger partial charge in [0.15, 0.2) is 5.16 Å². The number of benzene rings is 1. The Morgan fingerprint density at radius 1 is 1.36 bits per heavy atom. The third kappa shape index (κ3) is 4.15. The third-order valence-corrected chi connectivity index (χ3v) is 4.82. The maximum absolute atomic E-state index is 12.3. The van der Waals surface area contributed by atoms with Gasteiger partial charge in [-0.15, -0.1) is 10.2 Å². The number of amides is 1. The summed E-state index contributed by atoms with van der Waals surface area (Å²) >= 11 is 13.4. The van der Waals surface area contributed by atoms with Gasteiger partial charge in [-0.25, -0.2) is 0 Å². The number of thioether (sulfide) groups is 1. The van der Waals surface area contributed by atoms with Gasteiger partial charge in [-0.3, -0.25) is 4.79 Å². The van der Waals surface area contributed by atoms with E-state index in [2.05, 4.69) is 15.5 Å². The first-order chi connectivity index (χ1) is 10.4. The van der Waals surface area contributed by atoms with Gasteiger partial charge in [0.2, 0.25) is 5.91 Å². The monoisotopic (exact) mass is 358 g/mol. The zero-order valence-electron chi connectivity index (χ0n) is 12.4. The first kappa shape index (κ1) is 17.1. The fourth-order valence-corrected chi connectivity index (χ4v) is 3.22. The Kier molecular flexibility index (Phi) is 5.72. The molecule has 0 spiro atoms. The van der Waals surface area contributed by atoms with Crippen LogP contribution in [0.2, 0.25) is 10.0 Å². The number of carbonyl (C=O) groups is 1. The molecule has 0 unspecified atom stereocenters. The van der Waals surface area contributed by atoms with Crippen LogP contribution in [0.3, 0.4) is 0 Å². The summed E-state index contributed by atoms with van der Waals surface area (Å²) in [5.41, 5.74) is 0.829. The smallest absolute Gasteiger partial charge is 0.233 e. The van der Waals surface area contributed by atoms with Crippen molar-refractivity contribution in [1.82, 2.24) is 20.1 Å². The second-order valence-corrected chi connectivity index (χ2v) is 7.03. The molecule has 0 aliphatic heterocycles. The summed E-state index contributed by atoms with van der Waals surface area (Å²) in [5.74, 6) is -0.0912. The SMILES string of the molecule is C[C@@H](Sc1nncn1C)C(=O)N[C@H](C)c1ccc(Cl)cc1Cl. The molecule has 22 heavy (non-hydrogen) atoms. The van der Waals surface area contributed by atoms with Crippen LogP contribution in [0.5, 0.6) is 0 Å². The minimum absolute atomic E-state index is 0.0912. The van der Waals surface area contributed by atoms with E-state index in [1.54, 1.807) is 23.0 Å². The molecule has 0 aliphatic carbocycles. The van der Waals surface area contributed by atoms with Crippen molar-refractivity contribution in [2.45, 2.75) is 30.3 Å². The van der Waals surface area contributed by atoms with Gasteiger partial charge in [0.25, 0.3) is 0 Å². The van der Waals surface area contributed by atoms with Crippen LogP contribution in [0.15, 0.2) is 29.7 Å². The number of aryl methyl sites for hydroxylation is 1. The molecule has 1 aromatic heterocycles. The zero-order chi connectivity index (χ0) is 16.3. The van der Waals surface area contributed by atoms with Crippen molar-refractivity contribution in [3.63, 3.8) is 0 Å². The number of nitrogens with one attached hydrogen (secondary N) is 1. The predicted octanol–water partition coefficient (Wildman–Crippen LogP) is 3.48. The van der Waals surface area contributed by atoms with E-state index in [9.17, 15) is 4.79 Å². The molecule has 1 aromatic carbocycles. The fraction of sp³-hybridized carbons (Fsp3) is 0.357. The normalized spacial score (nSPS) is 13.7. The van der Waals surface area contributed by atoms with Crippen LogP contribution in [0.25, 0.3) is 0 Å². The summed E-state index contributed by atoms with van der Waals surface area (Å²) < 4.78 is 1.77. The molecule has 8 heteroatoms. The fourth-order valence-electron chi connectivity index (χ4n) is 1.85. The Hall–Kier alpha value is -1.24. The molecule has 0 bridgehead atoms. The van der Waals surface area contributed by atoms with Gasteiger partial charge in [0.1, 0.15) is 6.33 Å². The molecule has 5 nitrogen and oxygen atoms in total. The Labute approximate surface area is 143 Å². The number of hydrogen-bond donors (Lipinski definition) is 1. The highest BCUT2D eigenvalue weighted by Gasteiger charge is 2.20. The molecule has 1 heterocycles. The van der Waals surface area contributed by atoms with Crippen molar-refractivity contribution >= 4 is 40.9 Å². The van der Waals surface area contributed by atoms with Gasteiger partial charge in [-0.1, -0.05) is 41.0 Å². The number of rotatable bonds is 5. The molecule has 0 fully saturated rings. The summed E-state index contributed by atoms with van der Waals surface area (Å²) in [6.45, 7) is 3.71. The van der Waals surface area contributed by atoms with E-state index >= 15 is 0 Å². The molecular formula is C14H16Cl2N4OS. The standard InChI is InChI=1S/C14H16Cl2N4OS/c1-8(11-5-4-10(15)6-12(11)16)18-13(21)9(2)22-14-19-17-7-20(14)3/h4-9H,1-3H3,(H,18,21)/t8-,9-/m1/s1. The summed E-state index contributed by atoms with van der Waals surface area (Å²) in [5, 5.41) is 12.2. The lowest BCUT2D eigenvalue weighted by molar-refractivity contribution is -0.120. The minimum atomic E-state index is -0.295. The van der Waals surface area contributed by atoms with E-state index in [1.165, 1.54) is 11.8 Å². The highest BCUT2D eigenvalue weighted by molar-refractivity contribution is 8.00. The maximum atomic E-state index is 12.3. The van der Waals surface area contributed by atoms with Gasteiger partial charge < -0.3 is 9.88 Å². The number of carbonyl (C=O) groups excluding carboxylic acids is 1. The van der Waals surface area contributed by atoms with Gasteiger partial charge in [0.05, 0.1) is 11.3 Å². The molecule has 1 N–H and O–H groups in total. The minimum Gasteiger partial charge on any atom is -0.349 e. The van der Waals surface area contributed by atoms with Gasteiger partial charge in [0, 0.05) is 17.1 Å². The van der Waals surface area contributed by atoms with Gasteiger partial charge >= 0.3 is 0 Å². The summed E-state index contributed by atoms with van der Waals surface area (Å²) in [6.07, 6.45) is 1.60. The highest BCUT2D eigenvalue weighted by atomic mass is 35.5. The van der Waals surface area contributed by atoms with Gasteiger partial charge in [-0.05, 0) is 31.5 Å². The van der Waals surface area contributed by atoms with E-state index in [1.807, 2.05) is 27.0 Å². The topological polar surface area (TPSA) is 59.8 Å². The molecule has 1 amide bonds. The van der Waals surface area contributed by atoms with Crippen LogP contribution in [-0.2, 0) is 11.8 Å². The molecule has 118 valence electrons. The molecule has 0 aliphatic rings. The quantitative estimate of drug-likeness (QED) is 0.831. The van der Waals surface area contributed by atoms with Crippen molar-refractivity contribution in [3.8, 4) is 0 Å². The first-order valence-electron chi connectivity index (χ1n) is 6.64. The maximum Gasteiger partial charge on any atom is 0.233 e. The van der Waals surface area contributed by atoms with Crippen LogP contribution in [0, 0.1) is 0 Å². The second-order valence-electron chi connectivity index (χ2n) is 4.88. The summed E-state index contributed by atoms with van der Waals surface area (Å²) in [6, 6.07) is 5.03. The Morgan fingerprint density at radius 2 is 2.09 bits per heavy atom. The van der Waals surface area contributed by atoms with Gasteiger partial charge in [-0.2, -0.15) is 0 Å². The lowest BCUT2D eigenvalue weighted by Gasteiger charge is -2.18. The zero-order valence-corrected chi connectivity index (χ0v) is 14.7. The van der Waals surface area contributed by atoms with Crippen LogP contribution < -0.4 is 5.32 Å². The van der Waals surface area contributed by atoms with Crippen LogP contribution >= 0.6 is 35.0 Å². The average molecular weight is 359 g/mol. The van der Waals surface area contributed by atoms with Crippen molar-refractivity contribution in [2.75, 3.05) is 0 Å². The first-order valence-corrected chi connectivity index (χ1v) is 8.28. The molecule has 2 aromatic rings. The van der Waals surface area contributed by atoms with Crippen molar-refractivity contribution in [1.29, 1.82) is 0 Å². The summed E-state index contributed by atoms with van der Waals surface area (Å²) in [4.78, 5) is 12.3. The van der Waals surface area contributed by atoms with E-state index in [0.29, 0.717) is 15.2 Å². The number of halogens is 2. The summed E-state index contributed by atoms with van der Waals surface area (Å²) in [7, 11) is 1.84. The van der Waals surface area contributed by atoms with Crippen molar-refractivity contribution in [2.24, 2.45) is 7.05 Å². The number of nitrogens with zero attached hydrogens (tertiary/aromatic N) is 3. The van der Waals surface area contributed by atoms with E-state index in [-0.39, 0.29) is 17.2 Å². The molecule has 2 atom stereocenters. The van der Waals surface area contributed by atoms with Crippen molar-refractivity contribution in [3.05, 3.63) is 40.1 Å². The van der Waals surface area contributed by atoms with E-state index in [0.717, 1.165) is 5.56 Å². The largest absolute Gasteiger partial charge is 0.349 e. The molecular weight excluding hydrogens is 343 g/mol. The highest BCUT2D eigenvalue weighted by Crippen LogP contribution is 2.27.